The maximum Gasteiger partial charge on any atom is 0.407 e. The SMILES string of the molecule is CC(C)(C)OC(=O)NCCSc1ccc(F)cc1. The fourth-order valence-electron chi connectivity index (χ4n) is 1.17. The van der Waals surface area contributed by atoms with Crippen LogP contribution in [0.15, 0.2) is 29.2 Å². The van der Waals surface area contributed by atoms with E-state index in [1.165, 1.54) is 12.1 Å². The van der Waals surface area contributed by atoms with Crippen molar-refractivity contribution in [1.82, 2.24) is 5.32 Å². The van der Waals surface area contributed by atoms with E-state index in [0.717, 1.165) is 4.90 Å². The summed E-state index contributed by atoms with van der Waals surface area (Å²) < 4.78 is 17.8. The van der Waals surface area contributed by atoms with E-state index in [0.29, 0.717) is 12.3 Å². The van der Waals surface area contributed by atoms with Gasteiger partial charge in [-0.05, 0) is 45.0 Å². The highest BCUT2D eigenvalue weighted by molar-refractivity contribution is 7.99. The van der Waals surface area contributed by atoms with Crippen molar-refractivity contribution in [2.75, 3.05) is 12.3 Å². The summed E-state index contributed by atoms with van der Waals surface area (Å²) >= 11 is 1.55. The maximum atomic E-state index is 12.7. The molecular formula is C13H18FNO2S. The number of nitrogens with one attached hydrogen (secondary N) is 1. The van der Waals surface area contributed by atoms with Crippen LogP contribution >= 0.6 is 11.8 Å². The highest BCUT2D eigenvalue weighted by atomic mass is 32.2. The van der Waals surface area contributed by atoms with Gasteiger partial charge in [-0.2, -0.15) is 0 Å². The average Bonchev–Trinajstić information content (AvgIpc) is 2.24. The topological polar surface area (TPSA) is 38.3 Å². The Balaban J connectivity index is 2.19. The van der Waals surface area contributed by atoms with Gasteiger partial charge in [-0.1, -0.05) is 0 Å². The van der Waals surface area contributed by atoms with Gasteiger partial charge >= 0.3 is 6.09 Å². The standard InChI is InChI=1S/C13H18FNO2S/c1-13(2,3)17-12(16)15-8-9-18-11-6-4-10(14)5-7-11/h4-7H,8-9H2,1-3H3,(H,15,16). The zero-order valence-electron chi connectivity index (χ0n) is 10.8. The predicted molar refractivity (Wildman–Crippen MR) is 71.4 cm³/mol. The van der Waals surface area contributed by atoms with E-state index in [1.54, 1.807) is 23.9 Å². The molecule has 0 aliphatic rings. The molecule has 1 aromatic carbocycles. The van der Waals surface area contributed by atoms with Crippen molar-refractivity contribution in [3.8, 4) is 0 Å². The Morgan fingerprint density at radius 1 is 1.33 bits per heavy atom. The molecule has 0 fully saturated rings. The summed E-state index contributed by atoms with van der Waals surface area (Å²) in [6, 6.07) is 6.27. The maximum absolute atomic E-state index is 12.7. The van der Waals surface area contributed by atoms with Crippen LogP contribution in [-0.4, -0.2) is 24.0 Å². The first-order valence-electron chi connectivity index (χ1n) is 5.72. The van der Waals surface area contributed by atoms with Crippen LogP contribution in [0.1, 0.15) is 20.8 Å². The molecule has 18 heavy (non-hydrogen) atoms. The molecule has 0 aromatic heterocycles. The molecule has 0 heterocycles. The van der Waals surface area contributed by atoms with Gasteiger partial charge in [0.1, 0.15) is 11.4 Å². The van der Waals surface area contributed by atoms with Gasteiger partial charge in [0.25, 0.3) is 0 Å². The molecule has 5 heteroatoms. The number of carbonyl (C=O) groups is 1. The number of halogens is 1. The summed E-state index contributed by atoms with van der Waals surface area (Å²) in [6.07, 6.45) is -0.415. The number of amides is 1. The van der Waals surface area contributed by atoms with Crippen LogP contribution in [0, 0.1) is 5.82 Å². The summed E-state index contributed by atoms with van der Waals surface area (Å²) in [7, 11) is 0. The fourth-order valence-corrected chi connectivity index (χ4v) is 1.94. The lowest BCUT2D eigenvalue weighted by Crippen LogP contribution is -2.33. The van der Waals surface area contributed by atoms with E-state index in [9.17, 15) is 9.18 Å². The highest BCUT2D eigenvalue weighted by Gasteiger charge is 2.15. The number of hydrogen-bond acceptors (Lipinski definition) is 3. The molecule has 0 unspecified atom stereocenters. The van der Waals surface area contributed by atoms with Crippen LogP contribution in [0.2, 0.25) is 0 Å². The van der Waals surface area contributed by atoms with E-state index in [1.807, 2.05) is 20.8 Å². The Morgan fingerprint density at radius 3 is 2.50 bits per heavy atom. The zero-order chi connectivity index (χ0) is 13.6. The van der Waals surface area contributed by atoms with Gasteiger partial charge in [0.2, 0.25) is 0 Å². The number of alkyl carbamates (subject to hydrolysis) is 1. The Hall–Kier alpha value is -1.23. The van der Waals surface area contributed by atoms with Gasteiger partial charge in [0.05, 0.1) is 0 Å². The highest BCUT2D eigenvalue weighted by Crippen LogP contribution is 2.17. The van der Waals surface area contributed by atoms with E-state index < -0.39 is 11.7 Å². The van der Waals surface area contributed by atoms with E-state index in [2.05, 4.69) is 5.32 Å². The Kier molecular flexibility index (Phi) is 5.47. The van der Waals surface area contributed by atoms with Crippen LogP contribution in [0.25, 0.3) is 0 Å². The molecule has 0 spiro atoms. The van der Waals surface area contributed by atoms with Crippen LogP contribution in [-0.2, 0) is 4.74 Å². The summed E-state index contributed by atoms with van der Waals surface area (Å²) in [4.78, 5) is 12.3. The van der Waals surface area contributed by atoms with Crippen molar-refractivity contribution in [2.45, 2.75) is 31.3 Å². The van der Waals surface area contributed by atoms with E-state index in [-0.39, 0.29) is 5.82 Å². The molecule has 0 bridgehead atoms. The summed E-state index contributed by atoms with van der Waals surface area (Å²) in [5, 5.41) is 2.66. The Labute approximate surface area is 111 Å². The number of carbonyl (C=O) groups excluding carboxylic acids is 1. The molecule has 0 saturated carbocycles. The Bertz CT molecular complexity index is 387. The van der Waals surface area contributed by atoms with E-state index in [4.69, 9.17) is 4.74 Å². The normalized spacial score (nSPS) is 11.1. The lowest BCUT2D eigenvalue weighted by atomic mass is 10.2. The van der Waals surface area contributed by atoms with Crippen molar-refractivity contribution in [3.05, 3.63) is 30.1 Å². The monoisotopic (exact) mass is 271 g/mol. The molecule has 1 aromatic rings. The molecular weight excluding hydrogens is 253 g/mol. The third-order valence-corrected chi connectivity index (χ3v) is 2.87. The number of thioether (sulfide) groups is 1. The third-order valence-electron chi connectivity index (χ3n) is 1.85. The van der Waals surface area contributed by atoms with Crippen LogP contribution in [0.3, 0.4) is 0 Å². The second-order valence-electron chi connectivity index (χ2n) is 4.73. The molecule has 100 valence electrons. The molecule has 0 saturated heterocycles. The minimum absolute atomic E-state index is 0.244. The van der Waals surface area contributed by atoms with Crippen LogP contribution < -0.4 is 5.32 Å². The molecule has 1 amide bonds. The quantitative estimate of drug-likeness (QED) is 0.673. The van der Waals surface area contributed by atoms with Gasteiger partial charge in [0.15, 0.2) is 0 Å². The van der Waals surface area contributed by atoms with Crippen molar-refractivity contribution < 1.29 is 13.9 Å². The van der Waals surface area contributed by atoms with Gasteiger partial charge < -0.3 is 10.1 Å². The number of hydrogen-bond donors (Lipinski definition) is 1. The summed E-state index contributed by atoms with van der Waals surface area (Å²) in [5.74, 6) is 0.469. The van der Waals surface area contributed by atoms with Crippen molar-refractivity contribution in [3.63, 3.8) is 0 Å². The molecule has 0 radical (unpaired) electrons. The zero-order valence-corrected chi connectivity index (χ0v) is 11.6. The Morgan fingerprint density at radius 2 is 1.94 bits per heavy atom. The lowest BCUT2D eigenvalue weighted by Gasteiger charge is -2.19. The van der Waals surface area contributed by atoms with Gasteiger partial charge in [-0.15, -0.1) is 11.8 Å². The van der Waals surface area contributed by atoms with Gasteiger partial charge in [-0.25, -0.2) is 9.18 Å². The first-order chi connectivity index (χ1) is 8.37. The second-order valence-corrected chi connectivity index (χ2v) is 5.90. The summed E-state index contributed by atoms with van der Waals surface area (Å²) in [5.41, 5.74) is -0.478. The molecule has 0 aliphatic carbocycles. The van der Waals surface area contributed by atoms with Crippen molar-refractivity contribution in [2.24, 2.45) is 0 Å². The van der Waals surface area contributed by atoms with Crippen LogP contribution in [0.5, 0.6) is 0 Å². The molecule has 0 atom stereocenters. The van der Waals surface area contributed by atoms with E-state index >= 15 is 0 Å². The third kappa shape index (κ3) is 6.49. The number of benzene rings is 1. The minimum atomic E-state index is -0.478. The molecule has 3 nitrogen and oxygen atoms in total. The second kappa shape index (κ2) is 6.64. The first kappa shape index (κ1) is 14.8. The van der Waals surface area contributed by atoms with Crippen LogP contribution in [0.4, 0.5) is 9.18 Å². The fraction of sp³-hybridized carbons (Fsp3) is 0.462. The minimum Gasteiger partial charge on any atom is -0.444 e. The molecule has 0 aliphatic heterocycles. The van der Waals surface area contributed by atoms with Gasteiger partial charge in [-0.3, -0.25) is 0 Å². The molecule has 1 N–H and O–H groups in total. The predicted octanol–water partition coefficient (Wildman–Crippen LogP) is 3.44. The van der Waals surface area contributed by atoms with Crippen molar-refractivity contribution in [1.29, 1.82) is 0 Å². The number of rotatable bonds is 4. The smallest absolute Gasteiger partial charge is 0.407 e. The lowest BCUT2D eigenvalue weighted by molar-refractivity contribution is 0.0531. The van der Waals surface area contributed by atoms with Crippen molar-refractivity contribution >= 4 is 17.9 Å². The summed E-state index contributed by atoms with van der Waals surface area (Å²) in [6.45, 7) is 5.97. The first-order valence-corrected chi connectivity index (χ1v) is 6.70. The number of ether oxygens (including phenoxy) is 1. The largest absolute Gasteiger partial charge is 0.444 e. The molecule has 1 rings (SSSR count). The van der Waals surface area contributed by atoms with Gasteiger partial charge in [0, 0.05) is 17.2 Å². The average molecular weight is 271 g/mol.